The molecule has 0 rings (SSSR count). The molecule has 0 aliphatic rings. The Morgan fingerprint density at radius 2 is 2.00 bits per heavy atom. The number of hydrogen-bond acceptors (Lipinski definition) is 2. The van der Waals surface area contributed by atoms with Crippen molar-refractivity contribution in [1.82, 2.24) is 5.43 Å². The van der Waals surface area contributed by atoms with E-state index in [-0.39, 0.29) is 5.41 Å². The minimum atomic E-state index is 0.0881. The second-order valence-electron chi connectivity index (χ2n) is 3.17. The Morgan fingerprint density at radius 3 is 2.10 bits per heavy atom. The number of nitrogens with one attached hydrogen (secondary N) is 1. The van der Waals surface area contributed by atoms with Gasteiger partial charge >= 0.3 is 0 Å². The molecule has 0 saturated carbocycles. The molecular weight excluding hydrogens is 124 g/mol. The van der Waals surface area contributed by atoms with Crippen molar-refractivity contribution >= 4 is 5.71 Å². The van der Waals surface area contributed by atoms with E-state index in [9.17, 15) is 0 Å². The third kappa shape index (κ3) is 2.67. The summed E-state index contributed by atoms with van der Waals surface area (Å²) in [7, 11) is 1.79. The summed E-state index contributed by atoms with van der Waals surface area (Å²) >= 11 is 0. The van der Waals surface area contributed by atoms with Crippen molar-refractivity contribution in [2.75, 3.05) is 7.05 Å². The van der Waals surface area contributed by atoms with Crippen LogP contribution in [0.1, 0.15) is 20.8 Å². The summed E-state index contributed by atoms with van der Waals surface area (Å²) < 4.78 is 0. The van der Waals surface area contributed by atoms with Gasteiger partial charge in [-0.1, -0.05) is 27.4 Å². The van der Waals surface area contributed by atoms with Crippen LogP contribution in [0, 0.1) is 5.41 Å². The molecule has 58 valence electrons. The SMILES string of the molecule is C=C/C(=N\NC)C(C)(C)C. The molecule has 0 spiro atoms. The lowest BCUT2D eigenvalue weighted by Gasteiger charge is -2.17. The molecule has 0 bridgehead atoms. The first-order valence-electron chi connectivity index (χ1n) is 3.39. The second kappa shape index (κ2) is 3.40. The van der Waals surface area contributed by atoms with Gasteiger partial charge in [0.2, 0.25) is 0 Å². The van der Waals surface area contributed by atoms with Crippen molar-refractivity contribution < 1.29 is 0 Å². The monoisotopic (exact) mass is 140 g/mol. The van der Waals surface area contributed by atoms with Crippen LogP contribution in [-0.4, -0.2) is 12.8 Å². The van der Waals surface area contributed by atoms with E-state index in [1.165, 1.54) is 0 Å². The van der Waals surface area contributed by atoms with Crippen LogP contribution >= 0.6 is 0 Å². The van der Waals surface area contributed by atoms with Crippen molar-refractivity contribution in [1.29, 1.82) is 0 Å². The molecule has 2 heteroatoms. The average Bonchev–Trinajstić information content (AvgIpc) is 1.80. The van der Waals surface area contributed by atoms with Crippen LogP contribution in [0.3, 0.4) is 0 Å². The summed E-state index contributed by atoms with van der Waals surface area (Å²) in [6, 6.07) is 0. The van der Waals surface area contributed by atoms with Gasteiger partial charge < -0.3 is 5.43 Å². The first-order chi connectivity index (χ1) is 4.52. The van der Waals surface area contributed by atoms with Gasteiger partial charge in [0.05, 0.1) is 5.71 Å². The first kappa shape index (κ1) is 9.21. The summed E-state index contributed by atoms with van der Waals surface area (Å²) in [5, 5.41) is 4.06. The molecule has 0 saturated heterocycles. The van der Waals surface area contributed by atoms with Crippen molar-refractivity contribution in [2.24, 2.45) is 10.5 Å². The number of rotatable bonds is 2. The van der Waals surface area contributed by atoms with Crippen LogP contribution < -0.4 is 5.43 Å². The van der Waals surface area contributed by atoms with Gasteiger partial charge in [0.1, 0.15) is 0 Å². The van der Waals surface area contributed by atoms with E-state index in [1.807, 2.05) is 0 Å². The molecule has 0 amide bonds. The topological polar surface area (TPSA) is 24.4 Å². The Balaban J connectivity index is 4.36. The largest absolute Gasteiger partial charge is 0.313 e. The van der Waals surface area contributed by atoms with Gasteiger partial charge in [-0.05, 0) is 6.08 Å². The van der Waals surface area contributed by atoms with E-state index < -0.39 is 0 Å². The maximum absolute atomic E-state index is 4.06. The molecule has 0 aliphatic carbocycles. The maximum atomic E-state index is 4.06. The van der Waals surface area contributed by atoms with Crippen LogP contribution in [-0.2, 0) is 0 Å². The van der Waals surface area contributed by atoms with Gasteiger partial charge in [-0.15, -0.1) is 0 Å². The van der Waals surface area contributed by atoms with Gasteiger partial charge in [-0.2, -0.15) is 5.10 Å². The lowest BCUT2D eigenvalue weighted by atomic mass is 9.90. The molecule has 0 aromatic carbocycles. The normalized spacial score (nSPS) is 13.0. The maximum Gasteiger partial charge on any atom is 0.0650 e. The molecule has 0 aromatic rings. The second-order valence-corrected chi connectivity index (χ2v) is 3.17. The molecule has 0 atom stereocenters. The standard InChI is InChI=1S/C8H16N2/c1-6-7(10-9-5)8(2,3)4/h6,9H,1H2,2-5H3/b10-7+. The summed E-state index contributed by atoms with van der Waals surface area (Å²) in [6.45, 7) is 9.98. The molecule has 1 N–H and O–H groups in total. The molecule has 0 aliphatic heterocycles. The minimum Gasteiger partial charge on any atom is -0.313 e. The predicted octanol–water partition coefficient (Wildman–Crippen LogP) is 1.79. The van der Waals surface area contributed by atoms with Gasteiger partial charge in [0, 0.05) is 12.5 Å². The first-order valence-corrected chi connectivity index (χ1v) is 3.39. The zero-order valence-corrected chi connectivity index (χ0v) is 7.23. The van der Waals surface area contributed by atoms with E-state index in [4.69, 9.17) is 0 Å². The Labute approximate surface area is 63.0 Å². The van der Waals surface area contributed by atoms with Crippen molar-refractivity contribution in [3.8, 4) is 0 Å². The van der Waals surface area contributed by atoms with Crippen LogP contribution in [0.4, 0.5) is 0 Å². The third-order valence-electron chi connectivity index (χ3n) is 1.19. The Bertz CT molecular complexity index is 140. The van der Waals surface area contributed by atoms with Gasteiger partial charge in [-0.25, -0.2) is 0 Å². The summed E-state index contributed by atoms with van der Waals surface area (Å²) in [6.07, 6.45) is 1.77. The number of hydrazone groups is 1. The van der Waals surface area contributed by atoms with Crippen molar-refractivity contribution in [3.05, 3.63) is 12.7 Å². The fourth-order valence-electron chi connectivity index (χ4n) is 0.640. The molecule has 0 fully saturated rings. The van der Waals surface area contributed by atoms with Gasteiger partial charge in [0.25, 0.3) is 0 Å². The highest BCUT2D eigenvalue weighted by molar-refractivity contribution is 5.98. The molecular formula is C8H16N2. The smallest absolute Gasteiger partial charge is 0.0650 e. The van der Waals surface area contributed by atoms with E-state index in [2.05, 4.69) is 37.9 Å². The minimum absolute atomic E-state index is 0.0881. The highest BCUT2D eigenvalue weighted by atomic mass is 15.3. The van der Waals surface area contributed by atoms with Crippen LogP contribution in [0.15, 0.2) is 17.8 Å². The summed E-state index contributed by atoms with van der Waals surface area (Å²) in [5.74, 6) is 0. The van der Waals surface area contributed by atoms with Crippen molar-refractivity contribution in [2.45, 2.75) is 20.8 Å². The van der Waals surface area contributed by atoms with Crippen LogP contribution in [0.25, 0.3) is 0 Å². The van der Waals surface area contributed by atoms with E-state index >= 15 is 0 Å². The molecule has 0 heterocycles. The van der Waals surface area contributed by atoms with Gasteiger partial charge in [-0.3, -0.25) is 0 Å². The lowest BCUT2D eigenvalue weighted by Crippen LogP contribution is -2.20. The number of nitrogens with zero attached hydrogens (tertiary/aromatic N) is 1. The zero-order valence-electron chi connectivity index (χ0n) is 7.23. The molecule has 0 aromatic heterocycles. The quantitative estimate of drug-likeness (QED) is 0.459. The van der Waals surface area contributed by atoms with Crippen molar-refractivity contribution in [3.63, 3.8) is 0 Å². The van der Waals surface area contributed by atoms with E-state index in [0.29, 0.717) is 0 Å². The molecule has 0 unspecified atom stereocenters. The average molecular weight is 140 g/mol. The molecule has 10 heavy (non-hydrogen) atoms. The third-order valence-corrected chi connectivity index (χ3v) is 1.19. The summed E-state index contributed by atoms with van der Waals surface area (Å²) in [5.41, 5.74) is 3.81. The fraction of sp³-hybridized carbons (Fsp3) is 0.625. The summed E-state index contributed by atoms with van der Waals surface area (Å²) in [4.78, 5) is 0. The Kier molecular flexibility index (Phi) is 3.13. The highest BCUT2D eigenvalue weighted by Gasteiger charge is 2.15. The Hall–Kier alpha value is -0.790. The lowest BCUT2D eigenvalue weighted by molar-refractivity contribution is 0.587. The van der Waals surface area contributed by atoms with Crippen LogP contribution in [0.2, 0.25) is 0 Å². The number of hydrogen-bond donors (Lipinski definition) is 1. The molecule has 0 radical (unpaired) electrons. The van der Waals surface area contributed by atoms with E-state index in [1.54, 1.807) is 13.1 Å². The van der Waals surface area contributed by atoms with Gasteiger partial charge in [0.15, 0.2) is 0 Å². The highest BCUT2D eigenvalue weighted by Crippen LogP contribution is 2.15. The number of allylic oxidation sites excluding steroid dienone is 1. The van der Waals surface area contributed by atoms with Crippen LogP contribution in [0.5, 0.6) is 0 Å². The Morgan fingerprint density at radius 1 is 1.50 bits per heavy atom. The fourth-order valence-corrected chi connectivity index (χ4v) is 0.640. The zero-order chi connectivity index (χ0) is 8.20. The van der Waals surface area contributed by atoms with E-state index in [0.717, 1.165) is 5.71 Å². The predicted molar refractivity (Wildman–Crippen MR) is 46.1 cm³/mol. The molecule has 2 nitrogen and oxygen atoms in total.